The number of rotatable bonds is 2. The van der Waals surface area contributed by atoms with Gasteiger partial charge in [-0.25, -0.2) is 4.57 Å². The minimum atomic E-state index is -1.82. The van der Waals surface area contributed by atoms with Crippen molar-refractivity contribution in [1.29, 1.82) is 0 Å². The number of pyridine rings is 1. The monoisotopic (exact) mass is 436 g/mol. The molecule has 0 atom stereocenters. The third kappa shape index (κ3) is 3.12. The Kier molecular flexibility index (Phi) is 3.47. The molecule has 0 saturated heterocycles. The molecule has 0 aliphatic heterocycles. The fraction of sp³-hybridized carbons (Fsp3) is 0.258. The van der Waals surface area contributed by atoms with Crippen molar-refractivity contribution < 1.29 is 14.5 Å². The summed E-state index contributed by atoms with van der Waals surface area (Å²) in [6.45, 7) is 7.48. The van der Waals surface area contributed by atoms with Gasteiger partial charge in [-0.15, -0.1) is 0 Å². The molecule has 0 amide bonds. The molecule has 2 heteroatoms. The minimum Gasteiger partial charge on any atom is -0.454 e. The summed E-state index contributed by atoms with van der Waals surface area (Å²) in [4.78, 5) is 0. The number of nitrogens with zero attached hydrogens (tertiary/aromatic N) is 1. The molecule has 1 aliphatic carbocycles. The predicted octanol–water partition coefficient (Wildman–Crippen LogP) is 7.49. The lowest BCUT2D eigenvalue weighted by atomic mass is 9.90. The van der Waals surface area contributed by atoms with Gasteiger partial charge in [0.1, 0.15) is 18.2 Å². The minimum absolute atomic E-state index is 0.417. The van der Waals surface area contributed by atoms with Gasteiger partial charge in [0.15, 0.2) is 6.20 Å². The largest absolute Gasteiger partial charge is 0.454 e. The van der Waals surface area contributed by atoms with Crippen molar-refractivity contribution in [3.63, 3.8) is 0 Å². The Morgan fingerprint density at radius 2 is 1.48 bits per heavy atom. The average molecular weight is 437 g/mol. The van der Waals surface area contributed by atoms with Gasteiger partial charge in [0, 0.05) is 34.0 Å². The van der Waals surface area contributed by atoms with Gasteiger partial charge in [-0.05, 0) is 65.9 Å². The van der Waals surface area contributed by atoms with Crippen LogP contribution in [0.4, 0.5) is 0 Å². The summed E-state index contributed by atoms with van der Waals surface area (Å²) in [7, 11) is 2.03. The summed E-state index contributed by atoms with van der Waals surface area (Å²) in [6, 6.07) is 20.1. The molecule has 0 fully saturated rings. The Labute approximate surface area is 201 Å². The zero-order valence-electron chi connectivity index (χ0n) is 23.7. The lowest BCUT2D eigenvalue weighted by Gasteiger charge is -2.14. The Morgan fingerprint density at radius 1 is 0.818 bits per heavy atom. The second kappa shape index (κ2) is 7.05. The highest BCUT2D eigenvalue weighted by atomic mass is 16.3. The summed E-state index contributed by atoms with van der Waals surface area (Å²) in [5, 5.41) is 2.05. The van der Waals surface area contributed by atoms with Gasteiger partial charge in [0.05, 0.1) is 5.56 Å². The van der Waals surface area contributed by atoms with Crippen LogP contribution in [-0.2, 0) is 19.8 Å². The Morgan fingerprint density at radius 3 is 2.21 bits per heavy atom. The molecule has 6 rings (SSSR count). The smallest absolute Gasteiger partial charge is 0.216 e. The molecule has 1 aliphatic rings. The van der Waals surface area contributed by atoms with E-state index >= 15 is 0 Å². The van der Waals surface area contributed by atoms with Gasteiger partial charge in [0.2, 0.25) is 5.69 Å². The molecule has 2 heterocycles. The summed E-state index contributed by atoms with van der Waals surface area (Å²) in [5.74, 6) is 0. The zero-order valence-corrected chi connectivity index (χ0v) is 19.7. The van der Waals surface area contributed by atoms with E-state index in [1.54, 1.807) is 19.9 Å². The topological polar surface area (TPSA) is 17.0 Å². The third-order valence-corrected chi connectivity index (χ3v) is 6.74. The van der Waals surface area contributed by atoms with E-state index in [1.807, 2.05) is 44.4 Å². The number of benzene rings is 3. The summed E-state index contributed by atoms with van der Waals surface area (Å²) in [5.41, 5.74) is 7.27. The molecule has 5 aromatic rings. The normalized spacial score (nSPS) is 19.7. The Hall–Kier alpha value is -3.39. The lowest BCUT2D eigenvalue weighted by molar-refractivity contribution is -0.660. The number of fused-ring (bicyclic) bond motifs is 4. The summed E-state index contributed by atoms with van der Waals surface area (Å²) >= 11 is 0. The van der Waals surface area contributed by atoms with Crippen LogP contribution in [0.15, 0.2) is 71.3 Å². The van der Waals surface area contributed by atoms with Crippen LogP contribution in [0.2, 0.25) is 0 Å². The zero-order chi connectivity index (χ0) is 26.5. The summed E-state index contributed by atoms with van der Waals surface area (Å²) in [6.07, 6.45) is -1.56. The van der Waals surface area contributed by atoms with Crippen molar-refractivity contribution in [2.45, 2.75) is 40.4 Å². The van der Waals surface area contributed by atoms with Crippen molar-refractivity contribution in [3.05, 3.63) is 89.1 Å². The number of aromatic nitrogens is 1. The van der Waals surface area contributed by atoms with Crippen molar-refractivity contribution in [1.82, 2.24) is 0 Å². The van der Waals surface area contributed by atoms with E-state index in [-0.39, 0.29) is 0 Å². The van der Waals surface area contributed by atoms with Crippen LogP contribution in [-0.4, -0.2) is 0 Å². The standard InChI is InChI=1S/C31H30NO/c1-19-9-13-24-25-14-10-20(2)28(26-8-6-7-15-32(26)5)30(25)33-29(24)27(19)21-11-12-22-17-31(3,4)18-23(22)16-21/h6-16H,17-18H2,1-5H3/q+1/i17D2,18D2. The van der Waals surface area contributed by atoms with Crippen LogP contribution in [0.3, 0.4) is 0 Å². The third-order valence-electron chi connectivity index (χ3n) is 6.74. The van der Waals surface area contributed by atoms with Gasteiger partial charge in [-0.3, -0.25) is 0 Å². The second-order valence-corrected chi connectivity index (χ2v) is 9.70. The van der Waals surface area contributed by atoms with Gasteiger partial charge in [0.25, 0.3) is 0 Å². The van der Waals surface area contributed by atoms with Crippen LogP contribution in [0.5, 0.6) is 0 Å². The van der Waals surface area contributed by atoms with Crippen LogP contribution in [0.25, 0.3) is 44.3 Å². The number of hydrogen-bond donors (Lipinski definition) is 0. The molecule has 0 N–H and O–H groups in total. The molecule has 164 valence electrons. The van der Waals surface area contributed by atoms with E-state index in [1.165, 1.54) is 0 Å². The molecular formula is C31H30NO+. The Bertz CT molecular complexity index is 1750. The Balaban J connectivity index is 1.65. The van der Waals surface area contributed by atoms with Crippen LogP contribution in [0, 0.1) is 19.3 Å². The average Bonchev–Trinajstić information content (AvgIpc) is 3.26. The number of furan rings is 1. The van der Waals surface area contributed by atoms with E-state index in [2.05, 4.69) is 41.8 Å². The molecule has 0 spiro atoms. The molecule has 0 unspecified atom stereocenters. The van der Waals surface area contributed by atoms with Crippen molar-refractivity contribution >= 4 is 21.9 Å². The molecule has 33 heavy (non-hydrogen) atoms. The van der Waals surface area contributed by atoms with Crippen LogP contribution in [0.1, 0.15) is 41.6 Å². The fourth-order valence-electron chi connectivity index (χ4n) is 5.18. The van der Waals surface area contributed by atoms with E-state index in [4.69, 9.17) is 9.90 Å². The highest BCUT2D eigenvalue weighted by Gasteiger charge is 2.29. The van der Waals surface area contributed by atoms with Gasteiger partial charge >= 0.3 is 0 Å². The fourth-order valence-corrected chi connectivity index (χ4v) is 5.18. The molecule has 2 nitrogen and oxygen atoms in total. The maximum Gasteiger partial charge on any atom is 0.216 e. The first-order valence-corrected chi connectivity index (χ1v) is 11.4. The van der Waals surface area contributed by atoms with Gasteiger partial charge < -0.3 is 4.42 Å². The van der Waals surface area contributed by atoms with Crippen LogP contribution >= 0.6 is 0 Å². The van der Waals surface area contributed by atoms with E-state index in [0.29, 0.717) is 11.1 Å². The van der Waals surface area contributed by atoms with E-state index < -0.39 is 18.2 Å². The van der Waals surface area contributed by atoms with E-state index in [0.717, 1.165) is 55.4 Å². The number of aryl methyl sites for hydroxylation is 3. The first-order valence-electron chi connectivity index (χ1n) is 13.4. The lowest BCUT2D eigenvalue weighted by Crippen LogP contribution is -2.30. The quantitative estimate of drug-likeness (QED) is 0.262. The van der Waals surface area contributed by atoms with E-state index in [9.17, 15) is 0 Å². The van der Waals surface area contributed by atoms with Gasteiger partial charge in [-0.2, -0.15) is 0 Å². The molecular weight excluding hydrogens is 402 g/mol. The van der Waals surface area contributed by atoms with Gasteiger partial charge in [-0.1, -0.05) is 56.3 Å². The molecule has 0 saturated carbocycles. The molecule has 3 aromatic carbocycles. The molecule has 2 aromatic heterocycles. The second-order valence-electron chi connectivity index (χ2n) is 9.70. The highest BCUT2D eigenvalue weighted by Crippen LogP contribution is 2.43. The highest BCUT2D eigenvalue weighted by molar-refractivity contribution is 6.13. The van der Waals surface area contributed by atoms with Crippen molar-refractivity contribution in [2.75, 3.05) is 0 Å². The predicted molar refractivity (Wildman–Crippen MR) is 136 cm³/mol. The summed E-state index contributed by atoms with van der Waals surface area (Å²) < 4.78 is 43.9. The van der Waals surface area contributed by atoms with Crippen molar-refractivity contribution in [3.8, 4) is 22.4 Å². The van der Waals surface area contributed by atoms with Crippen molar-refractivity contribution in [2.24, 2.45) is 12.5 Å². The molecule has 0 bridgehead atoms. The first kappa shape index (κ1) is 16.3. The number of hydrogen-bond acceptors (Lipinski definition) is 1. The molecule has 0 radical (unpaired) electrons. The maximum atomic E-state index is 8.86. The van der Waals surface area contributed by atoms with Crippen LogP contribution < -0.4 is 4.57 Å². The SMILES string of the molecule is [2H]C1([2H])c2ccc(-c3c(C)ccc4c3oc3c(-c5cccc[n+]5C)c(C)ccc34)cc2C([2H])([2H])C1(C)C. The maximum absolute atomic E-state index is 8.86. The first-order chi connectivity index (χ1) is 17.4.